The molecule has 0 bridgehead atoms. The summed E-state index contributed by atoms with van der Waals surface area (Å²) in [6.07, 6.45) is 19.1. The van der Waals surface area contributed by atoms with Gasteiger partial charge < -0.3 is 10.3 Å². The lowest BCUT2D eigenvalue weighted by atomic mass is 9.78. The van der Waals surface area contributed by atoms with Crippen molar-refractivity contribution in [1.29, 1.82) is 0 Å². The lowest BCUT2D eigenvalue weighted by Crippen LogP contribution is -2.43. The number of rotatable bonds is 7. The average molecular weight is 571 g/mol. The number of nitrogens with zero attached hydrogens (tertiary/aromatic N) is 2. The number of ketones is 1. The number of alkyl halides is 1. The molecule has 0 spiro atoms. The third-order valence-corrected chi connectivity index (χ3v) is 9.30. The van der Waals surface area contributed by atoms with Crippen molar-refractivity contribution in [1.82, 2.24) is 20.1 Å². The highest BCUT2D eigenvalue weighted by molar-refractivity contribution is 6.00. The quantitative estimate of drug-likeness (QED) is 0.515. The topological polar surface area (TPSA) is 96.8 Å². The van der Waals surface area contributed by atoms with E-state index in [4.69, 9.17) is 0 Å². The van der Waals surface area contributed by atoms with Crippen LogP contribution in [0, 0.1) is 11.8 Å². The van der Waals surface area contributed by atoms with Crippen LogP contribution in [0.3, 0.4) is 0 Å². The summed E-state index contributed by atoms with van der Waals surface area (Å²) in [5.74, 6) is -0.941. The SMILES string of the molecule is CC(=O)[C@H](Cc1c[nH]c2c1=CCCC=2)NC(=O)c1cc2n(n1)C(=O)C(C1CCCCC1)=C(C1=CC(F)C(C)C=C1)CC2. The van der Waals surface area contributed by atoms with Gasteiger partial charge in [-0.25, -0.2) is 9.07 Å². The van der Waals surface area contributed by atoms with Crippen LogP contribution in [0.5, 0.6) is 0 Å². The third kappa shape index (κ3) is 5.51. The molecule has 7 nitrogen and oxygen atoms in total. The van der Waals surface area contributed by atoms with Gasteiger partial charge in [0.15, 0.2) is 11.5 Å². The maximum atomic E-state index is 14.7. The first kappa shape index (κ1) is 28.3. The van der Waals surface area contributed by atoms with Crippen LogP contribution in [-0.4, -0.2) is 44.6 Å². The van der Waals surface area contributed by atoms with E-state index >= 15 is 0 Å². The minimum atomic E-state index is -1.09. The van der Waals surface area contributed by atoms with Crippen LogP contribution in [0.15, 0.2) is 47.2 Å². The van der Waals surface area contributed by atoms with Gasteiger partial charge in [-0.3, -0.25) is 14.4 Å². The van der Waals surface area contributed by atoms with Crippen LogP contribution in [0.2, 0.25) is 0 Å². The molecule has 3 atom stereocenters. The van der Waals surface area contributed by atoms with Gasteiger partial charge in [0.2, 0.25) is 0 Å². The van der Waals surface area contributed by atoms with E-state index in [2.05, 4.69) is 27.6 Å². The number of amides is 1. The molecule has 8 heteroatoms. The van der Waals surface area contributed by atoms with Crippen LogP contribution in [-0.2, 0) is 17.6 Å². The van der Waals surface area contributed by atoms with E-state index in [9.17, 15) is 18.8 Å². The monoisotopic (exact) mass is 570 g/mol. The minimum absolute atomic E-state index is 0.0869. The van der Waals surface area contributed by atoms with Gasteiger partial charge in [0.1, 0.15) is 6.17 Å². The Morgan fingerprint density at radius 3 is 2.71 bits per heavy atom. The molecule has 0 radical (unpaired) electrons. The molecule has 2 aromatic heterocycles. The number of hydrogen-bond donors (Lipinski definition) is 2. The lowest BCUT2D eigenvalue weighted by Gasteiger charge is -2.27. The summed E-state index contributed by atoms with van der Waals surface area (Å²) in [6.45, 7) is 3.33. The van der Waals surface area contributed by atoms with Gasteiger partial charge >= 0.3 is 0 Å². The number of nitrogens with one attached hydrogen (secondary N) is 2. The van der Waals surface area contributed by atoms with Gasteiger partial charge in [-0.05, 0) is 85.4 Å². The number of halogens is 1. The maximum Gasteiger partial charge on any atom is 0.274 e. The Morgan fingerprint density at radius 2 is 1.95 bits per heavy atom. The molecule has 3 heterocycles. The normalized spacial score (nSPS) is 23.2. The molecule has 2 unspecified atom stereocenters. The van der Waals surface area contributed by atoms with E-state index in [1.165, 1.54) is 11.6 Å². The summed E-state index contributed by atoms with van der Waals surface area (Å²) in [7, 11) is 0. The number of Topliss-reactive ketones (excluding diaryl/α,β-unsaturated/α-hetero) is 1. The predicted molar refractivity (Wildman–Crippen MR) is 160 cm³/mol. The van der Waals surface area contributed by atoms with E-state index in [1.807, 2.05) is 25.3 Å². The molecule has 0 aromatic carbocycles. The van der Waals surface area contributed by atoms with E-state index in [1.54, 1.807) is 12.1 Å². The van der Waals surface area contributed by atoms with Crippen molar-refractivity contribution in [2.75, 3.05) is 0 Å². The molecular weight excluding hydrogens is 531 g/mol. The molecule has 220 valence electrons. The van der Waals surface area contributed by atoms with E-state index in [-0.39, 0.29) is 29.2 Å². The van der Waals surface area contributed by atoms with Crippen molar-refractivity contribution in [2.24, 2.45) is 11.8 Å². The van der Waals surface area contributed by atoms with Crippen molar-refractivity contribution in [3.8, 4) is 0 Å². The van der Waals surface area contributed by atoms with E-state index in [0.29, 0.717) is 30.5 Å². The predicted octanol–water partition coefficient (Wildman–Crippen LogP) is 4.43. The highest BCUT2D eigenvalue weighted by Crippen LogP contribution is 2.39. The van der Waals surface area contributed by atoms with Gasteiger partial charge in [-0.1, -0.05) is 50.5 Å². The Morgan fingerprint density at radius 1 is 1.17 bits per heavy atom. The molecule has 2 aromatic rings. The first-order valence-electron chi connectivity index (χ1n) is 15.4. The number of allylic oxidation sites excluding steroid dienone is 6. The number of fused-ring (bicyclic) bond motifs is 2. The molecule has 42 heavy (non-hydrogen) atoms. The molecular formula is C34H39FN4O3. The number of carbonyl (C=O) groups excluding carboxylic acids is 3. The standard InChI is InChI=1S/C34H39FN4O3/c1-20-12-13-23(16-28(20)35)27-15-14-25-18-31(38-39(25)34(42)32(27)22-8-4-3-5-9-22)33(41)37-30(21(2)40)17-24-19-36-29-11-7-6-10-26(24)29/h10-13,16,18-20,22,28,30,36H,3-9,14-15,17H2,1-2H3,(H,37,41)/t20?,28?,30-/m0/s1. The number of carbonyl (C=O) groups is 3. The first-order chi connectivity index (χ1) is 20.3. The first-order valence-corrected chi connectivity index (χ1v) is 15.4. The van der Waals surface area contributed by atoms with Gasteiger partial charge in [0, 0.05) is 35.2 Å². The Labute approximate surface area is 245 Å². The molecule has 0 saturated heterocycles. The van der Waals surface area contributed by atoms with Crippen LogP contribution in [0.1, 0.15) is 91.8 Å². The summed E-state index contributed by atoms with van der Waals surface area (Å²) >= 11 is 0. The summed E-state index contributed by atoms with van der Waals surface area (Å²) in [6, 6.07) is 0.952. The van der Waals surface area contributed by atoms with Crippen LogP contribution in [0.4, 0.5) is 4.39 Å². The van der Waals surface area contributed by atoms with Gasteiger partial charge in [-0.2, -0.15) is 5.10 Å². The van der Waals surface area contributed by atoms with E-state index < -0.39 is 18.1 Å². The molecule has 1 amide bonds. The highest BCUT2D eigenvalue weighted by atomic mass is 19.1. The fourth-order valence-corrected chi connectivity index (χ4v) is 6.85. The van der Waals surface area contributed by atoms with Crippen LogP contribution >= 0.6 is 0 Å². The summed E-state index contributed by atoms with van der Waals surface area (Å²) < 4.78 is 16.1. The number of hydrogen-bond acceptors (Lipinski definition) is 4. The minimum Gasteiger partial charge on any atom is -0.361 e. The fraction of sp³-hybridized carbons (Fsp3) is 0.471. The third-order valence-electron chi connectivity index (χ3n) is 9.30. The molecule has 1 aliphatic heterocycles. The molecule has 3 aliphatic carbocycles. The zero-order chi connectivity index (χ0) is 29.4. The summed E-state index contributed by atoms with van der Waals surface area (Å²) in [5.41, 5.74) is 4.19. The van der Waals surface area contributed by atoms with Crippen molar-refractivity contribution in [3.05, 3.63) is 74.7 Å². The second-order valence-corrected chi connectivity index (χ2v) is 12.2. The second kappa shape index (κ2) is 11.8. The summed E-state index contributed by atoms with van der Waals surface area (Å²) in [5, 5.41) is 9.53. The Balaban J connectivity index is 1.28. The smallest absolute Gasteiger partial charge is 0.274 e. The Kier molecular flexibility index (Phi) is 7.97. The second-order valence-electron chi connectivity index (χ2n) is 12.2. The maximum absolute atomic E-state index is 14.7. The molecule has 4 aliphatic rings. The van der Waals surface area contributed by atoms with Gasteiger partial charge in [-0.15, -0.1) is 0 Å². The van der Waals surface area contributed by atoms with Crippen LogP contribution in [0.25, 0.3) is 12.2 Å². The average Bonchev–Trinajstić information content (AvgIpc) is 3.58. The summed E-state index contributed by atoms with van der Waals surface area (Å²) in [4.78, 5) is 43.4. The number of aromatic nitrogens is 3. The van der Waals surface area contributed by atoms with Crippen molar-refractivity contribution >= 4 is 29.7 Å². The molecule has 6 rings (SSSR count). The molecule has 2 N–H and O–H groups in total. The van der Waals surface area contributed by atoms with Gasteiger partial charge in [0.25, 0.3) is 11.8 Å². The number of aromatic amines is 1. The van der Waals surface area contributed by atoms with Crippen molar-refractivity contribution in [3.63, 3.8) is 0 Å². The Hall–Kier alpha value is -3.81. The zero-order valence-corrected chi connectivity index (χ0v) is 24.4. The zero-order valence-electron chi connectivity index (χ0n) is 24.4. The van der Waals surface area contributed by atoms with Crippen molar-refractivity contribution < 1.29 is 18.8 Å². The van der Waals surface area contributed by atoms with Crippen molar-refractivity contribution in [2.45, 2.75) is 90.3 Å². The molecule has 1 fully saturated rings. The Bertz CT molecular complexity index is 1630. The van der Waals surface area contributed by atoms with Gasteiger partial charge in [0.05, 0.1) is 6.04 Å². The number of H-pyrrole nitrogens is 1. The lowest BCUT2D eigenvalue weighted by molar-refractivity contribution is -0.118. The fourth-order valence-electron chi connectivity index (χ4n) is 6.85. The van der Waals surface area contributed by atoms with Crippen LogP contribution < -0.4 is 15.9 Å². The van der Waals surface area contributed by atoms with E-state index in [0.717, 1.165) is 72.2 Å². The molecule has 1 saturated carbocycles. The largest absolute Gasteiger partial charge is 0.361 e. The highest BCUT2D eigenvalue weighted by Gasteiger charge is 2.34. The number of aryl methyl sites for hydroxylation is 1.